The molecule has 4 aromatic rings. The summed E-state index contributed by atoms with van der Waals surface area (Å²) >= 11 is 0. The van der Waals surface area contributed by atoms with Crippen molar-refractivity contribution in [1.29, 1.82) is 0 Å². The van der Waals surface area contributed by atoms with Crippen LogP contribution in [0.2, 0.25) is 0 Å². The molecular weight excluding hydrogens is 476 g/mol. The second-order valence-electron chi connectivity index (χ2n) is 10.4. The first kappa shape index (κ1) is 25.6. The molecule has 5 rings (SSSR count). The van der Waals surface area contributed by atoms with Crippen molar-refractivity contribution in [1.82, 2.24) is 5.32 Å². The van der Waals surface area contributed by atoms with Gasteiger partial charge in [-0.3, -0.25) is 0 Å². The molecule has 0 aromatic heterocycles. The molecule has 38 heavy (non-hydrogen) atoms. The summed E-state index contributed by atoms with van der Waals surface area (Å²) in [5, 5.41) is 15.7. The van der Waals surface area contributed by atoms with Gasteiger partial charge in [0.1, 0.15) is 17.6 Å². The molecule has 0 spiro atoms. The zero-order valence-corrected chi connectivity index (χ0v) is 22.3. The van der Waals surface area contributed by atoms with Crippen LogP contribution in [0.15, 0.2) is 84.9 Å². The Hall–Kier alpha value is -4.03. The van der Waals surface area contributed by atoms with Gasteiger partial charge in [0.2, 0.25) is 0 Å². The Morgan fingerprint density at radius 1 is 1.08 bits per heavy atom. The first-order valence-electron chi connectivity index (χ1n) is 13.0. The quantitative estimate of drug-likeness (QED) is 0.277. The Morgan fingerprint density at radius 3 is 2.63 bits per heavy atom. The summed E-state index contributed by atoms with van der Waals surface area (Å²) in [7, 11) is 0. The van der Waals surface area contributed by atoms with E-state index in [0.717, 1.165) is 22.7 Å². The first-order valence-corrected chi connectivity index (χ1v) is 13.0. The van der Waals surface area contributed by atoms with E-state index in [1.54, 1.807) is 13.8 Å². The Balaban J connectivity index is 1.38. The van der Waals surface area contributed by atoms with Crippen LogP contribution in [0, 0.1) is 6.92 Å². The average molecular weight is 511 g/mol. The summed E-state index contributed by atoms with van der Waals surface area (Å²) in [6.07, 6.45) is -0.0940. The van der Waals surface area contributed by atoms with Crippen LogP contribution in [-0.4, -0.2) is 35.9 Å². The minimum atomic E-state index is -1.34. The van der Waals surface area contributed by atoms with Crippen molar-refractivity contribution in [3.63, 3.8) is 0 Å². The van der Waals surface area contributed by atoms with E-state index in [-0.39, 0.29) is 12.1 Å². The van der Waals surface area contributed by atoms with Crippen molar-refractivity contribution in [3.05, 3.63) is 96.1 Å². The Bertz CT molecular complexity index is 1460. The lowest BCUT2D eigenvalue weighted by molar-refractivity contribution is -0.152. The summed E-state index contributed by atoms with van der Waals surface area (Å²) in [5.74, 6) is 0.362. The average Bonchev–Trinajstić information content (AvgIpc) is 2.92. The highest BCUT2D eigenvalue weighted by molar-refractivity contribution is 5.86. The van der Waals surface area contributed by atoms with Crippen molar-refractivity contribution in [2.75, 3.05) is 18.0 Å². The zero-order chi connectivity index (χ0) is 26.9. The highest BCUT2D eigenvalue weighted by Crippen LogP contribution is 2.40. The molecule has 0 saturated carbocycles. The van der Waals surface area contributed by atoms with Gasteiger partial charge in [-0.2, -0.15) is 0 Å². The van der Waals surface area contributed by atoms with Crippen LogP contribution in [0.25, 0.3) is 10.8 Å². The van der Waals surface area contributed by atoms with Crippen molar-refractivity contribution < 1.29 is 19.4 Å². The smallest absolute Gasteiger partial charge is 0.347 e. The van der Waals surface area contributed by atoms with Gasteiger partial charge in [-0.05, 0) is 67.8 Å². The number of carboxylic acid groups (broad SMARTS) is 1. The fourth-order valence-corrected chi connectivity index (χ4v) is 4.88. The number of benzene rings is 4. The number of aliphatic carboxylic acids is 1. The van der Waals surface area contributed by atoms with Gasteiger partial charge in [-0.25, -0.2) is 4.79 Å². The van der Waals surface area contributed by atoms with E-state index in [1.165, 1.54) is 16.3 Å². The normalized spacial score (nSPS) is 16.0. The molecule has 2 N–H and O–H groups in total. The number of aryl methyl sites for hydroxylation is 1. The first-order chi connectivity index (χ1) is 18.2. The van der Waals surface area contributed by atoms with Gasteiger partial charge in [-0.1, -0.05) is 60.7 Å². The Morgan fingerprint density at radius 2 is 1.82 bits per heavy atom. The van der Waals surface area contributed by atoms with Crippen LogP contribution in [0.4, 0.5) is 11.4 Å². The number of rotatable bonds is 8. The molecule has 6 nitrogen and oxygen atoms in total. The third kappa shape index (κ3) is 5.18. The molecule has 1 heterocycles. The molecule has 0 aliphatic carbocycles. The van der Waals surface area contributed by atoms with Crippen LogP contribution >= 0.6 is 0 Å². The van der Waals surface area contributed by atoms with Gasteiger partial charge >= 0.3 is 5.97 Å². The van der Waals surface area contributed by atoms with Gasteiger partial charge in [0.05, 0.1) is 12.2 Å². The van der Waals surface area contributed by atoms with Crippen molar-refractivity contribution in [3.8, 4) is 11.5 Å². The van der Waals surface area contributed by atoms with Crippen molar-refractivity contribution in [2.24, 2.45) is 0 Å². The molecule has 1 aliphatic heterocycles. The Labute approximate surface area is 223 Å². The SMILES string of the molecule is Cc1ccc(N2CC(CN[C@H](C)c3cccc4ccccc34)Oc3ccccc32)cc1OC(C)(C)C(=O)O. The van der Waals surface area contributed by atoms with Crippen LogP contribution in [-0.2, 0) is 4.79 Å². The third-order valence-corrected chi connectivity index (χ3v) is 7.14. The molecule has 196 valence electrons. The molecular formula is C32H34N2O4. The molecule has 6 heteroatoms. The minimum Gasteiger partial charge on any atom is -0.485 e. The molecule has 0 radical (unpaired) electrons. The van der Waals surface area contributed by atoms with Gasteiger partial charge < -0.3 is 24.8 Å². The maximum Gasteiger partial charge on any atom is 0.347 e. The van der Waals surface area contributed by atoms with E-state index in [4.69, 9.17) is 9.47 Å². The van der Waals surface area contributed by atoms with Gasteiger partial charge in [0.25, 0.3) is 0 Å². The molecule has 4 aromatic carbocycles. The summed E-state index contributed by atoms with van der Waals surface area (Å²) in [5.41, 5.74) is 2.70. The molecule has 0 saturated heterocycles. The van der Waals surface area contributed by atoms with Crippen molar-refractivity contribution >= 4 is 28.1 Å². The van der Waals surface area contributed by atoms with E-state index < -0.39 is 11.6 Å². The maximum absolute atomic E-state index is 11.7. The number of carboxylic acids is 1. The molecule has 0 fully saturated rings. The number of nitrogens with zero attached hydrogens (tertiary/aromatic N) is 1. The molecule has 1 unspecified atom stereocenters. The molecule has 0 bridgehead atoms. The zero-order valence-electron chi connectivity index (χ0n) is 22.3. The van der Waals surface area contributed by atoms with Crippen LogP contribution < -0.4 is 19.7 Å². The largest absolute Gasteiger partial charge is 0.485 e. The fourth-order valence-electron chi connectivity index (χ4n) is 4.88. The highest BCUT2D eigenvalue weighted by atomic mass is 16.5. The second kappa shape index (κ2) is 10.4. The van der Waals surface area contributed by atoms with E-state index in [2.05, 4.69) is 59.6 Å². The molecule has 2 atom stereocenters. The fraction of sp³-hybridized carbons (Fsp3) is 0.281. The lowest BCUT2D eigenvalue weighted by Crippen LogP contribution is -2.44. The summed E-state index contributed by atoms with van der Waals surface area (Å²) in [4.78, 5) is 13.9. The van der Waals surface area contributed by atoms with Gasteiger partial charge in [-0.15, -0.1) is 0 Å². The van der Waals surface area contributed by atoms with E-state index >= 15 is 0 Å². The predicted octanol–water partition coefficient (Wildman–Crippen LogP) is 6.64. The summed E-state index contributed by atoms with van der Waals surface area (Å²) < 4.78 is 12.3. The van der Waals surface area contributed by atoms with E-state index in [0.29, 0.717) is 18.8 Å². The number of hydrogen-bond donors (Lipinski definition) is 2. The predicted molar refractivity (Wildman–Crippen MR) is 152 cm³/mol. The third-order valence-electron chi connectivity index (χ3n) is 7.14. The summed E-state index contributed by atoms with van der Waals surface area (Å²) in [6, 6.07) is 29.0. The number of ether oxygens (including phenoxy) is 2. The topological polar surface area (TPSA) is 71.0 Å². The van der Waals surface area contributed by atoms with Crippen LogP contribution in [0.1, 0.15) is 37.9 Å². The van der Waals surface area contributed by atoms with E-state index in [1.807, 2.05) is 49.4 Å². The van der Waals surface area contributed by atoms with E-state index in [9.17, 15) is 9.90 Å². The van der Waals surface area contributed by atoms with Gasteiger partial charge in [0, 0.05) is 24.3 Å². The van der Waals surface area contributed by atoms with Gasteiger partial charge in [0.15, 0.2) is 5.60 Å². The number of carbonyl (C=O) groups is 1. The summed E-state index contributed by atoms with van der Waals surface area (Å²) in [6.45, 7) is 8.53. The lowest BCUT2D eigenvalue weighted by atomic mass is 9.99. The molecule has 0 amide bonds. The second-order valence-corrected chi connectivity index (χ2v) is 10.4. The number of hydrogen-bond acceptors (Lipinski definition) is 5. The monoisotopic (exact) mass is 510 g/mol. The number of fused-ring (bicyclic) bond motifs is 2. The van der Waals surface area contributed by atoms with Crippen LogP contribution in [0.5, 0.6) is 11.5 Å². The van der Waals surface area contributed by atoms with Crippen LogP contribution in [0.3, 0.4) is 0 Å². The number of anilines is 2. The maximum atomic E-state index is 11.7. The highest BCUT2D eigenvalue weighted by Gasteiger charge is 2.31. The van der Waals surface area contributed by atoms with Crippen molar-refractivity contribution in [2.45, 2.75) is 45.4 Å². The standard InChI is InChI=1S/C32H34N2O4/c1-21-16-17-24(18-30(21)38-32(3,4)31(35)36)34-20-25(37-29-15-8-7-14-28(29)34)19-33-22(2)26-13-9-11-23-10-5-6-12-27(23)26/h5-18,22,25,33H,19-20H2,1-4H3,(H,35,36)/t22-,25?/m1/s1. The number of para-hydroxylation sites is 2. The molecule has 1 aliphatic rings. The minimum absolute atomic E-state index is 0.0940. The Kier molecular flexibility index (Phi) is 7.00. The number of nitrogens with one attached hydrogen (secondary N) is 1. The lowest BCUT2D eigenvalue weighted by Gasteiger charge is -2.37.